The molecule has 0 bridgehead atoms. The van der Waals surface area contributed by atoms with E-state index in [0.717, 1.165) is 10.0 Å². The number of hydrogen-bond donors (Lipinski definition) is 1. The van der Waals surface area contributed by atoms with E-state index in [2.05, 4.69) is 21.2 Å². The molecule has 2 aromatic rings. The predicted octanol–water partition coefficient (Wildman–Crippen LogP) is 4.93. The van der Waals surface area contributed by atoms with E-state index in [4.69, 9.17) is 11.6 Å². The number of nitrogens with one attached hydrogen (secondary N) is 1. The Morgan fingerprint density at radius 1 is 1.30 bits per heavy atom. The van der Waals surface area contributed by atoms with E-state index >= 15 is 0 Å². The highest BCUT2D eigenvalue weighted by molar-refractivity contribution is 9.10. The normalized spacial score (nSPS) is 10.3. The lowest BCUT2D eigenvalue weighted by Crippen LogP contribution is -2.01. The molecule has 0 aromatic heterocycles. The highest BCUT2D eigenvalue weighted by Gasteiger charge is 2.14. The molecule has 0 aliphatic rings. The Morgan fingerprint density at radius 2 is 1.95 bits per heavy atom. The summed E-state index contributed by atoms with van der Waals surface area (Å²) in [6.07, 6.45) is 0. The second kappa shape index (κ2) is 6.24. The molecule has 0 atom stereocenters. The first-order chi connectivity index (χ1) is 9.47. The van der Waals surface area contributed by atoms with Crippen molar-refractivity contribution in [2.75, 3.05) is 5.32 Å². The minimum absolute atomic E-state index is 0.104. The first-order valence-electron chi connectivity index (χ1n) is 5.90. The van der Waals surface area contributed by atoms with Gasteiger partial charge in [-0.1, -0.05) is 23.7 Å². The Labute approximate surface area is 130 Å². The SMILES string of the molecule is Cc1cc(Br)c(NCc2ccc(Cl)cc2)cc1[N+](=O)[O-]. The van der Waals surface area contributed by atoms with E-state index in [-0.39, 0.29) is 10.6 Å². The minimum Gasteiger partial charge on any atom is -0.380 e. The van der Waals surface area contributed by atoms with Gasteiger partial charge in [-0.2, -0.15) is 0 Å². The van der Waals surface area contributed by atoms with Gasteiger partial charge in [-0.15, -0.1) is 0 Å². The fourth-order valence-electron chi connectivity index (χ4n) is 1.79. The van der Waals surface area contributed by atoms with Crippen LogP contribution in [0.25, 0.3) is 0 Å². The average molecular weight is 356 g/mol. The van der Waals surface area contributed by atoms with Gasteiger partial charge in [0.05, 0.1) is 10.6 Å². The standard InChI is InChI=1S/C14H12BrClN2O2/c1-9-6-12(15)13(7-14(9)18(19)20)17-8-10-2-4-11(16)5-3-10/h2-7,17H,8H2,1H3. The van der Waals surface area contributed by atoms with Gasteiger partial charge in [0.25, 0.3) is 5.69 Å². The number of benzene rings is 2. The fourth-order valence-corrected chi connectivity index (χ4v) is 2.52. The number of rotatable bonds is 4. The van der Waals surface area contributed by atoms with Gasteiger partial charge in [-0.25, -0.2) is 0 Å². The van der Waals surface area contributed by atoms with Crippen molar-refractivity contribution in [1.82, 2.24) is 0 Å². The van der Waals surface area contributed by atoms with Crippen LogP contribution in [0.15, 0.2) is 40.9 Å². The van der Waals surface area contributed by atoms with E-state index in [1.54, 1.807) is 13.0 Å². The maximum absolute atomic E-state index is 10.9. The number of halogens is 2. The van der Waals surface area contributed by atoms with E-state index in [1.165, 1.54) is 6.07 Å². The summed E-state index contributed by atoms with van der Waals surface area (Å²) in [5.74, 6) is 0. The molecule has 4 nitrogen and oxygen atoms in total. The maximum atomic E-state index is 10.9. The van der Waals surface area contributed by atoms with Crippen molar-refractivity contribution in [2.45, 2.75) is 13.5 Å². The van der Waals surface area contributed by atoms with Crippen molar-refractivity contribution >= 4 is 38.9 Å². The molecule has 0 aliphatic carbocycles. The van der Waals surface area contributed by atoms with Gasteiger partial charge in [0.1, 0.15) is 0 Å². The second-order valence-corrected chi connectivity index (χ2v) is 5.65. The lowest BCUT2D eigenvalue weighted by molar-refractivity contribution is -0.385. The smallest absolute Gasteiger partial charge is 0.274 e. The number of hydrogen-bond acceptors (Lipinski definition) is 3. The molecular formula is C14H12BrClN2O2. The lowest BCUT2D eigenvalue weighted by atomic mass is 10.1. The van der Waals surface area contributed by atoms with Crippen LogP contribution in [0.1, 0.15) is 11.1 Å². The molecule has 0 unspecified atom stereocenters. The van der Waals surface area contributed by atoms with Crippen LogP contribution in [0.3, 0.4) is 0 Å². The minimum atomic E-state index is -0.380. The van der Waals surface area contributed by atoms with Crippen molar-refractivity contribution in [1.29, 1.82) is 0 Å². The number of nitro benzene ring substituents is 1. The van der Waals surface area contributed by atoms with Crippen molar-refractivity contribution in [3.8, 4) is 0 Å². The summed E-state index contributed by atoms with van der Waals surface area (Å²) in [6, 6.07) is 10.7. The number of aryl methyl sites for hydroxylation is 1. The summed E-state index contributed by atoms with van der Waals surface area (Å²) in [6.45, 7) is 2.28. The molecule has 2 aromatic carbocycles. The van der Waals surface area contributed by atoms with Gasteiger partial charge in [-0.05, 0) is 46.6 Å². The molecule has 0 radical (unpaired) electrons. The summed E-state index contributed by atoms with van der Waals surface area (Å²) in [5.41, 5.74) is 2.47. The Bertz CT molecular complexity index is 644. The summed E-state index contributed by atoms with van der Waals surface area (Å²) >= 11 is 9.23. The van der Waals surface area contributed by atoms with Crippen LogP contribution in [-0.4, -0.2) is 4.92 Å². The van der Waals surface area contributed by atoms with Gasteiger partial charge >= 0.3 is 0 Å². The van der Waals surface area contributed by atoms with E-state index < -0.39 is 0 Å². The highest BCUT2D eigenvalue weighted by atomic mass is 79.9. The van der Waals surface area contributed by atoms with Crippen molar-refractivity contribution in [2.24, 2.45) is 0 Å². The number of nitrogens with zero attached hydrogens (tertiary/aromatic N) is 1. The first kappa shape index (κ1) is 14.8. The van der Waals surface area contributed by atoms with Crippen LogP contribution in [0, 0.1) is 17.0 Å². The molecule has 6 heteroatoms. The molecule has 0 amide bonds. The number of anilines is 1. The Morgan fingerprint density at radius 3 is 2.55 bits per heavy atom. The average Bonchev–Trinajstić information content (AvgIpc) is 2.39. The Hall–Kier alpha value is -1.59. The zero-order valence-electron chi connectivity index (χ0n) is 10.7. The third-order valence-electron chi connectivity index (χ3n) is 2.88. The van der Waals surface area contributed by atoms with Crippen molar-refractivity contribution < 1.29 is 4.92 Å². The topological polar surface area (TPSA) is 55.2 Å². The molecule has 0 fully saturated rings. The van der Waals surface area contributed by atoms with E-state index in [9.17, 15) is 10.1 Å². The Balaban J connectivity index is 2.18. The summed E-state index contributed by atoms with van der Waals surface area (Å²) in [5, 5.41) is 14.8. The molecule has 1 N–H and O–H groups in total. The van der Waals surface area contributed by atoms with Crippen molar-refractivity contribution in [3.05, 3.63) is 67.1 Å². The molecule has 0 saturated carbocycles. The number of nitro groups is 1. The third kappa shape index (κ3) is 3.49. The van der Waals surface area contributed by atoms with Crippen LogP contribution < -0.4 is 5.32 Å². The van der Waals surface area contributed by atoms with Gasteiger partial charge < -0.3 is 5.32 Å². The molecule has 104 valence electrons. The summed E-state index contributed by atoms with van der Waals surface area (Å²) in [4.78, 5) is 10.6. The molecular weight excluding hydrogens is 344 g/mol. The van der Waals surface area contributed by atoms with Gasteiger partial charge in [0, 0.05) is 27.7 Å². The van der Waals surface area contributed by atoms with Gasteiger partial charge in [-0.3, -0.25) is 10.1 Å². The zero-order chi connectivity index (χ0) is 14.7. The van der Waals surface area contributed by atoms with Crippen LogP contribution in [0.4, 0.5) is 11.4 Å². The zero-order valence-corrected chi connectivity index (χ0v) is 13.0. The molecule has 0 aliphatic heterocycles. The van der Waals surface area contributed by atoms with E-state index in [0.29, 0.717) is 22.8 Å². The van der Waals surface area contributed by atoms with E-state index in [1.807, 2.05) is 24.3 Å². The van der Waals surface area contributed by atoms with Crippen LogP contribution in [-0.2, 0) is 6.54 Å². The lowest BCUT2D eigenvalue weighted by Gasteiger charge is -2.10. The van der Waals surface area contributed by atoms with Crippen molar-refractivity contribution in [3.63, 3.8) is 0 Å². The van der Waals surface area contributed by atoms with Gasteiger partial charge in [0.2, 0.25) is 0 Å². The van der Waals surface area contributed by atoms with Crippen LogP contribution in [0.5, 0.6) is 0 Å². The second-order valence-electron chi connectivity index (χ2n) is 4.36. The maximum Gasteiger partial charge on any atom is 0.274 e. The predicted molar refractivity (Wildman–Crippen MR) is 84.3 cm³/mol. The van der Waals surface area contributed by atoms with Crippen LogP contribution in [0.2, 0.25) is 5.02 Å². The van der Waals surface area contributed by atoms with Gasteiger partial charge in [0.15, 0.2) is 0 Å². The van der Waals surface area contributed by atoms with Crippen LogP contribution >= 0.6 is 27.5 Å². The molecule has 0 saturated heterocycles. The Kier molecular flexibility index (Phi) is 4.62. The molecule has 20 heavy (non-hydrogen) atoms. The fraction of sp³-hybridized carbons (Fsp3) is 0.143. The summed E-state index contributed by atoms with van der Waals surface area (Å²) < 4.78 is 0.801. The first-order valence-corrected chi connectivity index (χ1v) is 7.07. The molecule has 0 heterocycles. The quantitative estimate of drug-likeness (QED) is 0.625. The molecule has 0 spiro atoms. The monoisotopic (exact) mass is 354 g/mol. The highest BCUT2D eigenvalue weighted by Crippen LogP contribution is 2.31. The third-order valence-corrected chi connectivity index (χ3v) is 3.79. The summed E-state index contributed by atoms with van der Waals surface area (Å²) in [7, 11) is 0. The largest absolute Gasteiger partial charge is 0.380 e. The molecule has 2 rings (SSSR count).